The van der Waals surface area contributed by atoms with Crippen LogP contribution in [0.3, 0.4) is 0 Å². The molecule has 2 aliphatic heterocycles. The quantitative estimate of drug-likeness (QED) is 0.391. The molecule has 4 unspecified atom stereocenters. The van der Waals surface area contributed by atoms with E-state index in [0.29, 0.717) is 13.0 Å². The molecule has 184 valence electrons. The highest BCUT2D eigenvalue weighted by molar-refractivity contribution is 5.77. The summed E-state index contributed by atoms with van der Waals surface area (Å²) >= 11 is 0. The smallest absolute Gasteiger partial charge is 0.246 e. The fraction of sp³-hybridized carbons (Fsp3) is 0.875. The van der Waals surface area contributed by atoms with Crippen molar-refractivity contribution in [3.63, 3.8) is 0 Å². The zero-order valence-corrected chi connectivity index (χ0v) is 20.5. The van der Waals surface area contributed by atoms with Gasteiger partial charge in [-0.25, -0.2) is 0 Å². The third-order valence-electron chi connectivity index (χ3n) is 6.88. The van der Waals surface area contributed by atoms with Crippen molar-refractivity contribution >= 4 is 17.6 Å². The Morgan fingerprint density at radius 1 is 0.906 bits per heavy atom. The van der Waals surface area contributed by atoms with Gasteiger partial charge in [0.2, 0.25) is 11.8 Å². The first kappa shape index (κ1) is 26.7. The molecular formula is C24H42N2O6. The molecule has 2 N–H and O–H groups in total. The Labute approximate surface area is 192 Å². The molecule has 2 bridgehead atoms. The molecule has 1 saturated carbocycles. The third kappa shape index (κ3) is 7.52. The standard InChI is InChI=1S/C24H42N2O6/c1-17(27)11-9-7-6-8-10-12-26-22(29)16-31-20-14-18-13-19(30-15-21(28)25-5)24(20,4)32-23(18,2)3/h18-20H,6-16H2,1-5H3,(H,25,28)(H,26,29). The minimum absolute atomic E-state index is 0.0163. The van der Waals surface area contributed by atoms with Crippen LogP contribution < -0.4 is 10.6 Å². The van der Waals surface area contributed by atoms with Gasteiger partial charge in [0.05, 0.1) is 17.8 Å². The van der Waals surface area contributed by atoms with E-state index in [0.717, 1.165) is 44.9 Å². The summed E-state index contributed by atoms with van der Waals surface area (Å²) in [4.78, 5) is 34.8. The van der Waals surface area contributed by atoms with Crippen molar-refractivity contribution in [2.45, 2.75) is 102 Å². The van der Waals surface area contributed by atoms with Crippen LogP contribution in [0.15, 0.2) is 0 Å². The Hall–Kier alpha value is -1.51. The first-order valence-electron chi connectivity index (χ1n) is 12.0. The van der Waals surface area contributed by atoms with Crippen LogP contribution in [0.1, 0.15) is 79.1 Å². The van der Waals surface area contributed by atoms with Crippen LogP contribution >= 0.6 is 0 Å². The molecule has 0 aromatic rings. The first-order chi connectivity index (χ1) is 15.1. The van der Waals surface area contributed by atoms with Gasteiger partial charge < -0.3 is 29.6 Å². The Morgan fingerprint density at radius 3 is 2.06 bits per heavy atom. The summed E-state index contributed by atoms with van der Waals surface area (Å²) in [6.07, 6.45) is 6.77. The number of likely N-dealkylation sites (N-methyl/N-ethyl adjacent to an activating group) is 1. The van der Waals surface area contributed by atoms with Crippen molar-refractivity contribution in [2.75, 3.05) is 26.8 Å². The van der Waals surface area contributed by atoms with Crippen LogP contribution in [0, 0.1) is 5.92 Å². The third-order valence-corrected chi connectivity index (χ3v) is 6.88. The molecule has 3 rings (SSSR count). The SMILES string of the molecule is CNC(=O)COC1CC2CC(OCC(=O)NCCCCCCCC(C)=O)C1(C)OC2(C)C. The highest BCUT2D eigenvalue weighted by atomic mass is 16.6. The number of amides is 2. The molecule has 0 spiro atoms. The Kier molecular flexibility index (Phi) is 10.1. The molecule has 2 heterocycles. The molecule has 0 aromatic carbocycles. The van der Waals surface area contributed by atoms with Gasteiger partial charge in [-0.1, -0.05) is 19.3 Å². The summed E-state index contributed by atoms with van der Waals surface area (Å²) in [5.74, 6) is 0.171. The number of Topliss-reactive ketones (excluding diaryl/α,β-unsaturated/α-hetero) is 1. The van der Waals surface area contributed by atoms with Crippen LogP contribution in [0.25, 0.3) is 0 Å². The number of hydrogen-bond donors (Lipinski definition) is 2. The molecule has 32 heavy (non-hydrogen) atoms. The highest BCUT2D eigenvalue weighted by Crippen LogP contribution is 2.51. The summed E-state index contributed by atoms with van der Waals surface area (Å²) < 4.78 is 18.3. The molecule has 8 nitrogen and oxygen atoms in total. The van der Waals surface area contributed by atoms with Crippen LogP contribution in [0.4, 0.5) is 0 Å². The second kappa shape index (κ2) is 12.1. The number of hydrogen-bond acceptors (Lipinski definition) is 6. The average Bonchev–Trinajstić information content (AvgIpc) is 2.72. The van der Waals surface area contributed by atoms with Gasteiger partial charge in [-0.2, -0.15) is 0 Å². The molecule has 2 saturated heterocycles. The van der Waals surface area contributed by atoms with Crippen molar-refractivity contribution in [1.29, 1.82) is 0 Å². The first-order valence-corrected chi connectivity index (χ1v) is 12.0. The highest BCUT2D eigenvalue weighted by Gasteiger charge is 2.60. The van der Waals surface area contributed by atoms with Crippen LogP contribution in [0.2, 0.25) is 0 Å². The fourth-order valence-electron chi connectivity index (χ4n) is 4.84. The molecular weight excluding hydrogens is 412 g/mol. The van der Waals surface area contributed by atoms with E-state index in [-0.39, 0.29) is 54.5 Å². The summed E-state index contributed by atoms with van der Waals surface area (Å²) in [5, 5.41) is 5.49. The minimum Gasteiger partial charge on any atom is -0.365 e. The van der Waals surface area contributed by atoms with Crippen molar-refractivity contribution < 1.29 is 28.6 Å². The molecule has 3 aliphatic rings. The second-order valence-corrected chi connectivity index (χ2v) is 9.90. The summed E-state index contributed by atoms with van der Waals surface area (Å²) in [7, 11) is 1.58. The summed E-state index contributed by atoms with van der Waals surface area (Å²) in [6.45, 7) is 8.34. The Morgan fingerprint density at radius 2 is 1.47 bits per heavy atom. The lowest BCUT2D eigenvalue weighted by molar-refractivity contribution is -0.323. The van der Waals surface area contributed by atoms with Gasteiger partial charge in [0.15, 0.2) is 0 Å². The van der Waals surface area contributed by atoms with E-state index in [1.807, 2.05) is 6.92 Å². The zero-order valence-electron chi connectivity index (χ0n) is 20.5. The van der Waals surface area contributed by atoms with Gasteiger partial charge in [-0.3, -0.25) is 9.59 Å². The van der Waals surface area contributed by atoms with Gasteiger partial charge in [0.1, 0.15) is 24.6 Å². The monoisotopic (exact) mass is 454 g/mol. The van der Waals surface area contributed by atoms with E-state index in [1.54, 1.807) is 14.0 Å². The van der Waals surface area contributed by atoms with Crippen LogP contribution in [0.5, 0.6) is 0 Å². The van der Waals surface area contributed by atoms with E-state index in [9.17, 15) is 14.4 Å². The molecule has 0 radical (unpaired) electrons. The minimum atomic E-state index is -0.716. The normalized spacial score (nSPS) is 28.3. The van der Waals surface area contributed by atoms with Crippen molar-refractivity contribution in [1.82, 2.24) is 10.6 Å². The van der Waals surface area contributed by atoms with E-state index < -0.39 is 5.60 Å². The number of carbonyl (C=O) groups excluding carboxylic acids is 3. The number of unbranched alkanes of at least 4 members (excludes halogenated alkanes) is 4. The predicted molar refractivity (Wildman–Crippen MR) is 121 cm³/mol. The fourth-order valence-corrected chi connectivity index (χ4v) is 4.84. The van der Waals surface area contributed by atoms with Crippen LogP contribution in [-0.4, -0.2) is 67.8 Å². The van der Waals surface area contributed by atoms with Crippen molar-refractivity contribution in [3.05, 3.63) is 0 Å². The van der Waals surface area contributed by atoms with Gasteiger partial charge >= 0.3 is 0 Å². The summed E-state index contributed by atoms with van der Waals surface area (Å²) in [6, 6.07) is 0. The zero-order chi connectivity index (χ0) is 23.8. The van der Waals surface area contributed by atoms with E-state index in [1.165, 1.54) is 0 Å². The number of fused-ring (bicyclic) bond motifs is 3. The predicted octanol–water partition coefficient (Wildman–Crippen LogP) is 2.53. The van der Waals surface area contributed by atoms with E-state index in [4.69, 9.17) is 14.2 Å². The van der Waals surface area contributed by atoms with E-state index >= 15 is 0 Å². The summed E-state index contributed by atoms with van der Waals surface area (Å²) in [5.41, 5.74) is -1.01. The number of ketones is 1. The number of rotatable bonds is 14. The molecule has 0 aromatic heterocycles. The molecule has 4 atom stereocenters. The van der Waals surface area contributed by atoms with Crippen molar-refractivity contribution in [3.8, 4) is 0 Å². The Bertz CT molecular complexity index is 652. The second-order valence-electron chi connectivity index (χ2n) is 9.90. The van der Waals surface area contributed by atoms with Crippen LogP contribution in [-0.2, 0) is 28.6 Å². The molecule has 1 aliphatic carbocycles. The molecule has 3 fully saturated rings. The Balaban J connectivity index is 1.74. The van der Waals surface area contributed by atoms with Gasteiger partial charge in [-0.15, -0.1) is 0 Å². The largest absolute Gasteiger partial charge is 0.365 e. The van der Waals surface area contributed by atoms with Crippen molar-refractivity contribution in [2.24, 2.45) is 5.92 Å². The average molecular weight is 455 g/mol. The maximum Gasteiger partial charge on any atom is 0.246 e. The molecule has 8 heteroatoms. The molecule has 2 amide bonds. The van der Waals surface area contributed by atoms with Gasteiger partial charge in [0, 0.05) is 20.0 Å². The van der Waals surface area contributed by atoms with Gasteiger partial charge in [-0.05, 0) is 59.3 Å². The lowest BCUT2D eigenvalue weighted by Crippen LogP contribution is -2.69. The number of ether oxygens (including phenoxy) is 3. The maximum atomic E-state index is 12.3. The lowest BCUT2D eigenvalue weighted by atomic mass is 9.65. The number of carbonyl (C=O) groups is 3. The van der Waals surface area contributed by atoms with Gasteiger partial charge in [0.25, 0.3) is 0 Å². The van der Waals surface area contributed by atoms with E-state index in [2.05, 4.69) is 24.5 Å². The topological polar surface area (TPSA) is 103 Å². The maximum absolute atomic E-state index is 12.3. The lowest BCUT2D eigenvalue weighted by Gasteiger charge is -2.60. The number of nitrogens with one attached hydrogen (secondary N) is 2.